The van der Waals surface area contributed by atoms with E-state index in [1.165, 1.54) is 20.2 Å². The first-order valence-corrected chi connectivity index (χ1v) is 16.2. The fourth-order valence-corrected chi connectivity index (χ4v) is 7.70. The lowest BCUT2D eigenvalue weighted by Gasteiger charge is -2.32. The molecule has 45 heavy (non-hydrogen) atoms. The normalized spacial score (nSPS) is 16.1. The molecule has 0 atom stereocenters. The molecule has 0 amide bonds. The van der Waals surface area contributed by atoms with Gasteiger partial charge in [-0.3, -0.25) is 4.57 Å². The zero-order valence-electron chi connectivity index (χ0n) is 25.5. The minimum atomic E-state index is -0.454. The Morgan fingerprint density at radius 3 is 2.09 bits per heavy atom. The van der Waals surface area contributed by atoms with Gasteiger partial charge in [0.2, 0.25) is 5.95 Å². The van der Waals surface area contributed by atoms with Gasteiger partial charge in [0.05, 0.1) is 33.4 Å². The minimum absolute atomic E-state index is 0.421. The molecule has 0 bridgehead atoms. The first-order valence-electron chi connectivity index (χ1n) is 15.3. The van der Waals surface area contributed by atoms with Crippen molar-refractivity contribution in [2.45, 2.75) is 38.9 Å². The van der Waals surface area contributed by atoms with Crippen LogP contribution in [0.25, 0.3) is 70.1 Å². The number of aromatic nitrogens is 3. The maximum atomic E-state index is 6.48. The Bertz CT molecular complexity index is 2450. The predicted octanol–water partition coefficient (Wildman–Crippen LogP) is 9.06. The van der Waals surface area contributed by atoms with Crippen molar-refractivity contribution >= 4 is 76.8 Å². The van der Waals surface area contributed by atoms with Gasteiger partial charge in [0.25, 0.3) is 0 Å². The zero-order chi connectivity index (χ0) is 30.5. The third-order valence-corrected chi connectivity index (χ3v) is 10.8. The van der Waals surface area contributed by atoms with Gasteiger partial charge in [0.1, 0.15) is 0 Å². The Labute approximate surface area is 265 Å². The van der Waals surface area contributed by atoms with Crippen LogP contribution in [0.4, 0.5) is 0 Å². The van der Waals surface area contributed by atoms with Crippen LogP contribution in [0.1, 0.15) is 27.7 Å². The molecule has 1 saturated heterocycles. The molecule has 0 N–H and O–H groups in total. The Morgan fingerprint density at radius 2 is 1.29 bits per heavy atom. The molecule has 218 valence electrons. The molecule has 8 aromatic rings. The van der Waals surface area contributed by atoms with Gasteiger partial charge in [-0.15, -0.1) is 11.3 Å². The van der Waals surface area contributed by atoms with Gasteiger partial charge in [-0.25, -0.2) is 9.97 Å². The molecule has 5 aromatic carbocycles. The molecule has 0 unspecified atom stereocenters. The smallest absolute Gasteiger partial charge is 0.399 e. The zero-order valence-corrected chi connectivity index (χ0v) is 26.4. The van der Waals surface area contributed by atoms with Crippen LogP contribution in [0, 0.1) is 0 Å². The van der Waals surface area contributed by atoms with Gasteiger partial charge in [-0.05, 0) is 63.5 Å². The highest BCUT2D eigenvalue weighted by Crippen LogP contribution is 2.41. The molecule has 4 heterocycles. The van der Waals surface area contributed by atoms with Crippen LogP contribution in [-0.2, 0) is 9.31 Å². The van der Waals surface area contributed by atoms with E-state index in [-0.39, 0.29) is 0 Å². The molecule has 3 aromatic heterocycles. The van der Waals surface area contributed by atoms with E-state index in [0.29, 0.717) is 5.95 Å². The third kappa shape index (κ3) is 4.01. The fourth-order valence-electron chi connectivity index (χ4n) is 6.58. The van der Waals surface area contributed by atoms with Crippen molar-refractivity contribution in [3.05, 3.63) is 109 Å². The van der Waals surface area contributed by atoms with Crippen molar-refractivity contribution in [3.63, 3.8) is 0 Å². The highest BCUT2D eigenvalue weighted by molar-refractivity contribution is 7.25. The molecular formula is C38H30BN3O2S. The number of thiophene rings is 1. The second-order valence-corrected chi connectivity index (χ2v) is 14.0. The maximum absolute atomic E-state index is 6.48. The first-order chi connectivity index (χ1) is 21.8. The van der Waals surface area contributed by atoms with Gasteiger partial charge in [0, 0.05) is 41.9 Å². The lowest BCUT2D eigenvalue weighted by molar-refractivity contribution is 0.00578. The van der Waals surface area contributed by atoms with Crippen molar-refractivity contribution in [2.75, 3.05) is 0 Å². The van der Waals surface area contributed by atoms with Gasteiger partial charge in [0.15, 0.2) is 0 Å². The molecule has 0 saturated carbocycles. The number of para-hydroxylation sites is 1. The van der Waals surface area contributed by atoms with Crippen LogP contribution in [0.2, 0.25) is 0 Å². The summed E-state index contributed by atoms with van der Waals surface area (Å²) in [5, 5.41) is 5.83. The number of nitrogens with zero attached hydrogens (tertiary/aromatic N) is 3. The van der Waals surface area contributed by atoms with E-state index < -0.39 is 18.3 Å². The molecule has 1 aliphatic heterocycles. The highest BCUT2D eigenvalue weighted by atomic mass is 32.1. The van der Waals surface area contributed by atoms with Gasteiger partial charge in [-0.1, -0.05) is 78.9 Å². The van der Waals surface area contributed by atoms with Gasteiger partial charge < -0.3 is 9.31 Å². The molecule has 0 radical (unpaired) electrons. The fraction of sp³-hybridized carbons (Fsp3) is 0.158. The van der Waals surface area contributed by atoms with Crippen molar-refractivity contribution in [1.82, 2.24) is 14.5 Å². The van der Waals surface area contributed by atoms with Crippen molar-refractivity contribution in [1.29, 1.82) is 0 Å². The Balaban J connectivity index is 1.35. The molecule has 1 fully saturated rings. The lowest BCUT2D eigenvalue weighted by Crippen LogP contribution is -2.41. The Hall–Kier alpha value is -4.56. The van der Waals surface area contributed by atoms with Gasteiger partial charge in [-0.2, -0.15) is 0 Å². The number of fused-ring (bicyclic) bond motifs is 7. The molecule has 9 rings (SSSR count). The minimum Gasteiger partial charge on any atom is -0.399 e. The molecule has 0 spiro atoms. The molecule has 7 heteroatoms. The summed E-state index contributed by atoms with van der Waals surface area (Å²) >= 11 is 1.82. The molecule has 5 nitrogen and oxygen atoms in total. The number of benzene rings is 5. The standard InChI is InChI=1S/C38H30BN3O2S/c1-37(2)38(3,4)44-39(43-37)24-18-19-31-27(20-24)28-21-29-25-14-9-11-17-33(25)45-34(29)22-32(28)42(31)36-40-30-16-10-8-15-26(30)35(41-36)23-12-6-5-7-13-23/h5-22H,1-4H3. The van der Waals surface area contributed by atoms with E-state index in [2.05, 4.69) is 123 Å². The highest BCUT2D eigenvalue weighted by Gasteiger charge is 2.51. The average Bonchev–Trinajstić information content (AvgIpc) is 3.64. The van der Waals surface area contributed by atoms with E-state index in [0.717, 1.165) is 49.4 Å². The quantitative estimate of drug-likeness (QED) is 0.189. The summed E-state index contributed by atoms with van der Waals surface area (Å²) in [6.07, 6.45) is 0. The largest absolute Gasteiger partial charge is 0.494 e. The first kappa shape index (κ1) is 26.8. The van der Waals surface area contributed by atoms with E-state index in [9.17, 15) is 0 Å². The third-order valence-electron chi connectivity index (χ3n) is 9.65. The van der Waals surface area contributed by atoms with E-state index in [4.69, 9.17) is 19.3 Å². The molecular weight excluding hydrogens is 573 g/mol. The Kier molecular flexibility index (Phi) is 5.65. The lowest BCUT2D eigenvalue weighted by atomic mass is 9.78. The average molecular weight is 604 g/mol. The van der Waals surface area contributed by atoms with Crippen LogP contribution in [0.3, 0.4) is 0 Å². The second kappa shape index (κ2) is 9.47. The van der Waals surface area contributed by atoms with Crippen LogP contribution >= 0.6 is 11.3 Å². The molecule has 1 aliphatic rings. The summed E-state index contributed by atoms with van der Waals surface area (Å²) in [7, 11) is -0.454. The van der Waals surface area contributed by atoms with Crippen LogP contribution in [0.5, 0.6) is 0 Å². The van der Waals surface area contributed by atoms with E-state index >= 15 is 0 Å². The second-order valence-electron chi connectivity index (χ2n) is 12.9. The topological polar surface area (TPSA) is 49.2 Å². The van der Waals surface area contributed by atoms with E-state index in [1.54, 1.807) is 0 Å². The monoisotopic (exact) mass is 603 g/mol. The summed E-state index contributed by atoms with van der Waals surface area (Å²) < 4.78 is 17.7. The number of rotatable bonds is 3. The number of hydrogen-bond acceptors (Lipinski definition) is 5. The predicted molar refractivity (Wildman–Crippen MR) is 188 cm³/mol. The summed E-state index contributed by atoms with van der Waals surface area (Å²) in [6.45, 7) is 8.38. The SMILES string of the molecule is CC1(C)OB(c2ccc3c(c2)c2cc4c(cc2n3-c2nc(-c3ccccc3)c3ccccc3n2)sc2ccccc24)OC1(C)C. The van der Waals surface area contributed by atoms with E-state index in [1.807, 2.05) is 29.5 Å². The van der Waals surface area contributed by atoms with Crippen molar-refractivity contribution in [3.8, 4) is 17.2 Å². The van der Waals surface area contributed by atoms with Crippen LogP contribution in [-0.4, -0.2) is 32.9 Å². The van der Waals surface area contributed by atoms with Gasteiger partial charge >= 0.3 is 7.12 Å². The Morgan fingerprint density at radius 1 is 0.600 bits per heavy atom. The van der Waals surface area contributed by atoms with Crippen LogP contribution < -0.4 is 5.46 Å². The summed E-state index contributed by atoms with van der Waals surface area (Å²) in [5.74, 6) is 0.649. The summed E-state index contributed by atoms with van der Waals surface area (Å²) in [4.78, 5) is 10.5. The summed E-state index contributed by atoms with van der Waals surface area (Å²) in [5.41, 5.74) is 5.17. The summed E-state index contributed by atoms with van der Waals surface area (Å²) in [6, 6.07) is 38.5. The molecule has 0 aliphatic carbocycles. The van der Waals surface area contributed by atoms with Crippen molar-refractivity contribution < 1.29 is 9.31 Å². The van der Waals surface area contributed by atoms with Crippen molar-refractivity contribution in [2.24, 2.45) is 0 Å². The maximum Gasteiger partial charge on any atom is 0.494 e. The number of hydrogen-bond donors (Lipinski definition) is 0. The van der Waals surface area contributed by atoms with Crippen LogP contribution in [0.15, 0.2) is 109 Å².